The first-order valence-corrected chi connectivity index (χ1v) is 8.66. The molecule has 128 valence electrons. The Morgan fingerprint density at radius 3 is 2.72 bits per heavy atom. The van der Waals surface area contributed by atoms with Gasteiger partial charge in [0.25, 0.3) is 5.91 Å². The first kappa shape index (κ1) is 18.8. The van der Waals surface area contributed by atoms with Gasteiger partial charge in [0.2, 0.25) is 0 Å². The van der Waals surface area contributed by atoms with Crippen LogP contribution in [0.4, 0.5) is 5.69 Å². The van der Waals surface area contributed by atoms with Crippen LogP contribution in [0.25, 0.3) is 6.08 Å². The highest BCUT2D eigenvalue weighted by atomic mass is 79.9. The second-order valence-electron chi connectivity index (χ2n) is 5.60. The molecule has 0 atom stereocenters. The number of carbonyl (C=O) groups excluding carboxylic acids is 1. The van der Waals surface area contributed by atoms with Crippen LogP contribution in [0.1, 0.15) is 23.6 Å². The Bertz CT molecular complexity index is 866. The fourth-order valence-electron chi connectivity index (χ4n) is 2.29. The van der Waals surface area contributed by atoms with Crippen LogP contribution in [0.2, 0.25) is 0 Å². The molecule has 0 aromatic heterocycles. The number of amides is 1. The lowest BCUT2D eigenvalue weighted by atomic mass is 10.1. The molecule has 0 saturated carbocycles. The maximum Gasteiger partial charge on any atom is 0.266 e. The van der Waals surface area contributed by atoms with E-state index < -0.39 is 5.91 Å². The maximum absolute atomic E-state index is 12.5. The van der Waals surface area contributed by atoms with Gasteiger partial charge < -0.3 is 10.1 Å². The van der Waals surface area contributed by atoms with Gasteiger partial charge in [0.1, 0.15) is 17.4 Å². The third-order valence-electron chi connectivity index (χ3n) is 3.52. The molecule has 0 fully saturated rings. The molecule has 0 radical (unpaired) electrons. The minimum Gasteiger partial charge on any atom is -0.494 e. The molecule has 0 aliphatic rings. The lowest BCUT2D eigenvalue weighted by Gasteiger charge is -2.09. The van der Waals surface area contributed by atoms with Gasteiger partial charge in [-0.1, -0.05) is 28.1 Å². The molecule has 0 heterocycles. The maximum atomic E-state index is 12.5. The summed E-state index contributed by atoms with van der Waals surface area (Å²) in [6, 6.07) is 13.2. The van der Waals surface area contributed by atoms with E-state index in [4.69, 9.17) is 4.74 Å². The van der Waals surface area contributed by atoms with Crippen LogP contribution in [-0.2, 0) is 4.79 Å². The van der Waals surface area contributed by atoms with Gasteiger partial charge >= 0.3 is 0 Å². The van der Waals surface area contributed by atoms with Crippen molar-refractivity contribution in [1.82, 2.24) is 0 Å². The Morgan fingerprint density at radius 2 is 2.04 bits per heavy atom. The molecular weight excluding hydrogens is 380 g/mol. The van der Waals surface area contributed by atoms with Gasteiger partial charge in [-0.3, -0.25) is 4.79 Å². The molecule has 0 spiro atoms. The quantitative estimate of drug-likeness (QED) is 0.568. The summed E-state index contributed by atoms with van der Waals surface area (Å²) in [5.41, 5.74) is 3.43. The number of carbonyl (C=O) groups is 1. The van der Waals surface area contributed by atoms with E-state index in [1.165, 1.54) is 0 Å². The predicted molar refractivity (Wildman–Crippen MR) is 103 cm³/mol. The summed E-state index contributed by atoms with van der Waals surface area (Å²) < 4.78 is 6.30. The highest BCUT2D eigenvalue weighted by Crippen LogP contribution is 2.24. The third kappa shape index (κ3) is 5.20. The summed E-state index contributed by atoms with van der Waals surface area (Å²) in [6.45, 7) is 6.30. The van der Waals surface area contributed by atoms with Gasteiger partial charge in [-0.2, -0.15) is 5.26 Å². The predicted octanol–water partition coefficient (Wildman–Crippen LogP) is 5.01. The smallest absolute Gasteiger partial charge is 0.266 e. The SMILES string of the molecule is CCOc1cc(Br)cc(/C=C(\C#N)C(=O)Nc2cc(C)ccc2C)c1. The van der Waals surface area contributed by atoms with Crippen molar-refractivity contribution >= 4 is 33.6 Å². The molecule has 1 amide bonds. The number of nitrogens with one attached hydrogen (secondary N) is 1. The number of nitrogens with zero attached hydrogens (tertiary/aromatic N) is 1. The Morgan fingerprint density at radius 1 is 1.28 bits per heavy atom. The minimum absolute atomic E-state index is 0.0291. The van der Waals surface area contributed by atoms with E-state index in [1.807, 2.05) is 57.2 Å². The Labute approximate surface area is 156 Å². The van der Waals surface area contributed by atoms with Crippen LogP contribution in [0, 0.1) is 25.2 Å². The van der Waals surface area contributed by atoms with E-state index in [0.29, 0.717) is 23.6 Å². The monoisotopic (exact) mass is 398 g/mol. The summed E-state index contributed by atoms with van der Waals surface area (Å²) in [7, 11) is 0. The van der Waals surface area contributed by atoms with Gasteiger partial charge in [-0.25, -0.2) is 0 Å². The van der Waals surface area contributed by atoms with Crippen molar-refractivity contribution in [3.05, 3.63) is 63.1 Å². The van der Waals surface area contributed by atoms with Crippen LogP contribution in [0.5, 0.6) is 5.75 Å². The Hall–Kier alpha value is -2.58. The first-order valence-electron chi connectivity index (χ1n) is 7.86. The van der Waals surface area contributed by atoms with E-state index >= 15 is 0 Å². The van der Waals surface area contributed by atoms with E-state index in [1.54, 1.807) is 12.1 Å². The average molecular weight is 399 g/mol. The number of nitriles is 1. The van der Waals surface area contributed by atoms with Gasteiger partial charge in [0.05, 0.1) is 6.61 Å². The molecular formula is C20H19BrN2O2. The molecule has 25 heavy (non-hydrogen) atoms. The second kappa shape index (κ2) is 8.50. The van der Waals surface area contributed by atoms with Crippen LogP contribution in [0.3, 0.4) is 0 Å². The van der Waals surface area contributed by atoms with Crippen molar-refractivity contribution in [2.45, 2.75) is 20.8 Å². The number of halogens is 1. The molecule has 0 aliphatic carbocycles. The van der Waals surface area contributed by atoms with Gasteiger partial charge in [0.15, 0.2) is 0 Å². The molecule has 1 N–H and O–H groups in total. The largest absolute Gasteiger partial charge is 0.494 e. The van der Waals surface area contributed by atoms with Crippen molar-refractivity contribution in [3.8, 4) is 11.8 Å². The lowest BCUT2D eigenvalue weighted by molar-refractivity contribution is -0.112. The zero-order chi connectivity index (χ0) is 18.4. The summed E-state index contributed by atoms with van der Waals surface area (Å²) in [5.74, 6) is 0.240. The molecule has 2 rings (SSSR count). The highest BCUT2D eigenvalue weighted by Gasteiger charge is 2.11. The molecule has 5 heteroatoms. The zero-order valence-electron chi connectivity index (χ0n) is 14.4. The van der Waals surface area contributed by atoms with Gasteiger partial charge in [-0.15, -0.1) is 0 Å². The molecule has 2 aromatic rings. The summed E-state index contributed by atoms with van der Waals surface area (Å²) in [4.78, 5) is 12.5. The summed E-state index contributed by atoms with van der Waals surface area (Å²) >= 11 is 3.41. The first-order chi connectivity index (χ1) is 11.9. The van der Waals surface area contributed by atoms with Gasteiger partial charge in [-0.05, 0) is 67.8 Å². The zero-order valence-corrected chi connectivity index (χ0v) is 16.0. The van der Waals surface area contributed by atoms with Crippen LogP contribution < -0.4 is 10.1 Å². The number of benzene rings is 2. The molecule has 0 bridgehead atoms. The number of ether oxygens (including phenoxy) is 1. The highest BCUT2D eigenvalue weighted by molar-refractivity contribution is 9.10. The standard InChI is InChI=1S/C20H19BrN2O2/c1-4-25-18-10-15(9-17(21)11-18)8-16(12-22)20(24)23-19-7-13(2)5-6-14(19)3/h5-11H,4H2,1-3H3,(H,23,24)/b16-8+. The van der Waals surface area contributed by atoms with Crippen LogP contribution in [-0.4, -0.2) is 12.5 Å². The van der Waals surface area contributed by atoms with Crippen molar-refractivity contribution in [1.29, 1.82) is 5.26 Å². The van der Waals surface area contributed by atoms with E-state index in [2.05, 4.69) is 21.2 Å². The molecule has 0 saturated heterocycles. The van der Waals surface area contributed by atoms with Crippen LogP contribution in [0.15, 0.2) is 46.4 Å². The van der Waals surface area contributed by atoms with Crippen molar-refractivity contribution in [2.24, 2.45) is 0 Å². The third-order valence-corrected chi connectivity index (χ3v) is 3.98. The molecule has 4 nitrogen and oxygen atoms in total. The fourth-order valence-corrected chi connectivity index (χ4v) is 2.78. The van der Waals surface area contributed by atoms with Crippen molar-refractivity contribution < 1.29 is 9.53 Å². The summed E-state index contributed by atoms with van der Waals surface area (Å²) in [6.07, 6.45) is 1.55. The number of hydrogen-bond acceptors (Lipinski definition) is 3. The van der Waals surface area contributed by atoms with E-state index in [0.717, 1.165) is 15.6 Å². The molecule has 0 unspecified atom stereocenters. The number of anilines is 1. The average Bonchev–Trinajstić information content (AvgIpc) is 2.55. The Balaban J connectivity index is 2.29. The second-order valence-corrected chi connectivity index (χ2v) is 6.51. The topological polar surface area (TPSA) is 62.1 Å². The number of aryl methyl sites for hydroxylation is 2. The molecule has 0 aliphatic heterocycles. The Kier molecular flexibility index (Phi) is 6.37. The van der Waals surface area contributed by atoms with Crippen LogP contribution >= 0.6 is 15.9 Å². The lowest BCUT2D eigenvalue weighted by Crippen LogP contribution is -2.14. The summed E-state index contributed by atoms with van der Waals surface area (Å²) in [5, 5.41) is 12.2. The number of rotatable bonds is 5. The van der Waals surface area contributed by atoms with E-state index in [-0.39, 0.29) is 5.57 Å². The minimum atomic E-state index is -0.436. The van der Waals surface area contributed by atoms with Crippen molar-refractivity contribution in [3.63, 3.8) is 0 Å². The van der Waals surface area contributed by atoms with Gasteiger partial charge in [0, 0.05) is 10.2 Å². The number of hydrogen-bond donors (Lipinski definition) is 1. The fraction of sp³-hybridized carbons (Fsp3) is 0.200. The normalized spacial score (nSPS) is 10.9. The van der Waals surface area contributed by atoms with Crippen molar-refractivity contribution in [2.75, 3.05) is 11.9 Å². The van der Waals surface area contributed by atoms with E-state index in [9.17, 15) is 10.1 Å². The molecule has 2 aromatic carbocycles.